The average Bonchev–Trinajstić information content (AvgIpc) is 2.16. The number of carbonyl (C=O) groups is 1. The fraction of sp³-hybridized carbons (Fsp3) is 0.875. The Morgan fingerprint density at radius 1 is 1.29 bits per heavy atom. The minimum Gasteiger partial charge on any atom is -0.466 e. The fourth-order valence-electron chi connectivity index (χ4n) is 0.867. The van der Waals surface area contributed by atoms with Crippen LogP contribution in [0.25, 0.3) is 0 Å². The van der Waals surface area contributed by atoms with Crippen molar-refractivity contribution in [3.05, 3.63) is 0 Å². The van der Waals surface area contributed by atoms with Gasteiger partial charge in [0.1, 0.15) is 0 Å². The van der Waals surface area contributed by atoms with Gasteiger partial charge in [0.15, 0.2) is 0 Å². The van der Waals surface area contributed by atoms with Crippen LogP contribution in [0.5, 0.6) is 0 Å². The van der Waals surface area contributed by atoms with Gasteiger partial charge in [0.05, 0.1) is 25.8 Å². The first kappa shape index (κ1) is 13.6. The first-order chi connectivity index (χ1) is 6.58. The number of carbonyl (C=O) groups excluding carboxylic acids is 1. The van der Waals surface area contributed by atoms with Crippen molar-refractivity contribution >= 4 is 13.6 Å². The van der Waals surface area contributed by atoms with E-state index in [1.54, 1.807) is 13.8 Å². The summed E-state index contributed by atoms with van der Waals surface area (Å²) in [6.45, 7) is 4.06. The van der Waals surface area contributed by atoms with E-state index in [2.05, 4.69) is 4.74 Å². The van der Waals surface area contributed by atoms with Crippen LogP contribution >= 0.6 is 7.60 Å². The standard InChI is InChI=1S/C8H17O5P/c1-4-12-8(9)6-7-14(10,11-3)13-5-2/h4-7H2,1-3H3. The molecule has 0 heterocycles. The molecule has 0 aliphatic carbocycles. The molecule has 0 N–H and O–H groups in total. The Morgan fingerprint density at radius 3 is 2.36 bits per heavy atom. The van der Waals surface area contributed by atoms with Crippen molar-refractivity contribution in [3.63, 3.8) is 0 Å². The average molecular weight is 224 g/mol. The predicted molar refractivity (Wildman–Crippen MR) is 52.4 cm³/mol. The lowest BCUT2D eigenvalue weighted by atomic mass is 10.5. The van der Waals surface area contributed by atoms with Crippen LogP contribution in [-0.2, 0) is 23.1 Å². The van der Waals surface area contributed by atoms with Gasteiger partial charge in [0.2, 0.25) is 0 Å². The Hall–Kier alpha value is -0.380. The van der Waals surface area contributed by atoms with Crippen LogP contribution in [0.1, 0.15) is 20.3 Å². The molecule has 1 atom stereocenters. The van der Waals surface area contributed by atoms with Crippen LogP contribution in [0.15, 0.2) is 0 Å². The zero-order valence-corrected chi connectivity index (χ0v) is 9.71. The summed E-state index contributed by atoms with van der Waals surface area (Å²) >= 11 is 0. The van der Waals surface area contributed by atoms with Gasteiger partial charge in [-0.1, -0.05) is 0 Å². The molecule has 0 bridgehead atoms. The Kier molecular flexibility index (Phi) is 6.79. The molecule has 0 aromatic rings. The molecule has 6 heteroatoms. The quantitative estimate of drug-likeness (QED) is 0.487. The highest BCUT2D eigenvalue weighted by molar-refractivity contribution is 7.53. The molecule has 0 saturated heterocycles. The molecule has 84 valence electrons. The van der Waals surface area contributed by atoms with E-state index in [1.165, 1.54) is 7.11 Å². The van der Waals surface area contributed by atoms with Crippen LogP contribution in [0.4, 0.5) is 0 Å². The van der Waals surface area contributed by atoms with Crippen LogP contribution in [0.3, 0.4) is 0 Å². The lowest BCUT2D eigenvalue weighted by molar-refractivity contribution is -0.142. The second-order valence-corrected chi connectivity index (χ2v) is 4.78. The zero-order chi connectivity index (χ0) is 11.0. The van der Waals surface area contributed by atoms with E-state index in [9.17, 15) is 9.36 Å². The van der Waals surface area contributed by atoms with Crippen molar-refractivity contribution in [1.82, 2.24) is 0 Å². The summed E-state index contributed by atoms with van der Waals surface area (Å²) in [4.78, 5) is 11.0. The van der Waals surface area contributed by atoms with Gasteiger partial charge >= 0.3 is 13.6 Å². The van der Waals surface area contributed by atoms with E-state index < -0.39 is 7.60 Å². The van der Waals surface area contributed by atoms with Crippen LogP contribution < -0.4 is 0 Å². The maximum atomic E-state index is 11.6. The van der Waals surface area contributed by atoms with Gasteiger partial charge in [-0.2, -0.15) is 0 Å². The maximum Gasteiger partial charge on any atom is 0.330 e. The molecule has 1 unspecified atom stereocenters. The van der Waals surface area contributed by atoms with Gasteiger partial charge in [-0.05, 0) is 13.8 Å². The topological polar surface area (TPSA) is 61.8 Å². The normalized spacial score (nSPS) is 14.8. The molecule has 0 amide bonds. The summed E-state index contributed by atoms with van der Waals surface area (Å²) in [5, 5.41) is 0. The Labute approximate surface area is 84.3 Å². The summed E-state index contributed by atoms with van der Waals surface area (Å²) in [5.41, 5.74) is 0. The number of hydrogen-bond donors (Lipinski definition) is 0. The molecular formula is C8H17O5P. The second kappa shape index (κ2) is 6.98. The molecule has 0 aliphatic rings. The Bertz CT molecular complexity index is 216. The molecule has 0 fully saturated rings. The fourth-order valence-corrected chi connectivity index (χ4v) is 2.13. The van der Waals surface area contributed by atoms with E-state index >= 15 is 0 Å². The van der Waals surface area contributed by atoms with E-state index in [-0.39, 0.29) is 18.6 Å². The predicted octanol–water partition coefficient (Wildman–Crippen LogP) is 1.82. The maximum absolute atomic E-state index is 11.6. The van der Waals surface area contributed by atoms with Crippen molar-refractivity contribution < 1.29 is 23.1 Å². The molecule has 0 aromatic heterocycles. The number of ether oxygens (including phenoxy) is 1. The largest absolute Gasteiger partial charge is 0.466 e. The summed E-state index contributed by atoms with van der Waals surface area (Å²) in [6.07, 6.45) is 0.120. The van der Waals surface area contributed by atoms with E-state index in [4.69, 9.17) is 9.05 Å². The molecule has 14 heavy (non-hydrogen) atoms. The summed E-state index contributed by atoms with van der Waals surface area (Å²) < 4.78 is 26.0. The molecule has 0 aromatic carbocycles. The smallest absolute Gasteiger partial charge is 0.330 e. The van der Waals surface area contributed by atoms with Gasteiger partial charge in [0.25, 0.3) is 0 Å². The number of hydrogen-bond acceptors (Lipinski definition) is 5. The minimum absolute atomic E-state index is 0.0545. The van der Waals surface area contributed by atoms with Crippen molar-refractivity contribution in [1.29, 1.82) is 0 Å². The van der Waals surface area contributed by atoms with Crippen molar-refractivity contribution in [2.24, 2.45) is 0 Å². The lowest BCUT2D eigenvalue weighted by Gasteiger charge is -2.14. The lowest BCUT2D eigenvalue weighted by Crippen LogP contribution is -2.08. The first-order valence-corrected chi connectivity index (χ1v) is 6.25. The number of esters is 1. The van der Waals surface area contributed by atoms with E-state index in [1.807, 2.05) is 0 Å². The molecular weight excluding hydrogens is 207 g/mol. The second-order valence-electron chi connectivity index (χ2n) is 2.49. The van der Waals surface area contributed by atoms with Gasteiger partial charge < -0.3 is 13.8 Å². The van der Waals surface area contributed by atoms with Gasteiger partial charge in [0, 0.05) is 7.11 Å². The Morgan fingerprint density at radius 2 is 1.93 bits per heavy atom. The molecule has 5 nitrogen and oxygen atoms in total. The summed E-state index contributed by atoms with van der Waals surface area (Å²) in [6, 6.07) is 0. The Balaban J connectivity index is 3.94. The van der Waals surface area contributed by atoms with Gasteiger partial charge in [-0.3, -0.25) is 9.36 Å². The van der Waals surface area contributed by atoms with Crippen LogP contribution in [0, 0.1) is 0 Å². The third-order valence-electron chi connectivity index (χ3n) is 1.50. The highest BCUT2D eigenvalue weighted by Gasteiger charge is 2.23. The highest BCUT2D eigenvalue weighted by Crippen LogP contribution is 2.47. The van der Waals surface area contributed by atoms with Crippen LogP contribution in [0.2, 0.25) is 0 Å². The van der Waals surface area contributed by atoms with E-state index in [0.717, 1.165) is 0 Å². The van der Waals surface area contributed by atoms with Gasteiger partial charge in [-0.15, -0.1) is 0 Å². The molecule has 0 rings (SSSR count). The van der Waals surface area contributed by atoms with Crippen molar-refractivity contribution in [2.75, 3.05) is 26.5 Å². The van der Waals surface area contributed by atoms with Crippen molar-refractivity contribution in [3.8, 4) is 0 Å². The highest BCUT2D eigenvalue weighted by atomic mass is 31.2. The van der Waals surface area contributed by atoms with Crippen LogP contribution in [-0.4, -0.2) is 32.5 Å². The molecule has 0 radical (unpaired) electrons. The SMILES string of the molecule is CCOC(=O)CCP(=O)(OC)OCC. The van der Waals surface area contributed by atoms with Crippen molar-refractivity contribution in [2.45, 2.75) is 20.3 Å². The third kappa shape index (κ3) is 5.37. The summed E-state index contributed by atoms with van der Waals surface area (Å²) in [7, 11) is -1.77. The third-order valence-corrected chi connectivity index (χ3v) is 3.48. The summed E-state index contributed by atoms with van der Waals surface area (Å²) in [5.74, 6) is -0.385. The van der Waals surface area contributed by atoms with E-state index in [0.29, 0.717) is 13.2 Å². The minimum atomic E-state index is -3.08. The molecule has 0 aliphatic heterocycles. The molecule has 0 saturated carbocycles. The zero-order valence-electron chi connectivity index (χ0n) is 8.82. The molecule has 0 spiro atoms. The first-order valence-electron chi connectivity index (χ1n) is 4.53. The van der Waals surface area contributed by atoms with Gasteiger partial charge in [-0.25, -0.2) is 0 Å². The monoisotopic (exact) mass is 224 g/mol. The number of rotatable bonds is 7.